The molecule has 1 atom stereocenters. The molecule has 7 nitrogen and oxygen atoms in total. The van der Waals surface area contributed by atoms with E-state index in [0.717, 1.165) is 21.8 Å². The molecule has 11 heteroatoms. The molecule has 1 aliphatic rings. The van der Waals surface area contributed by atoms with E-state index in [0.29, 0.717) is 21.4 Å². The predicted octanol–water partition coefficient (Wildman–Crippen LogP) is 4.73. The van der Waals surface area contributed by atoms with Gasteiger partial charge in [0.15, 0.2) is 5.17 Å². The number of hydrogen-bond acceptors (Lipinski definition) is 6. The van der Waals surface area contributed by atoms with Gasteiger partial charge in [0.2, 0.25) is 5.91 Å². The quantitative estimate of drug-likeness (QED) is 0.398. The molecule has 0 aromatic heterocycles. The minimum Gasteiger partial charge on any atom is -0.488 e. The van der Waals surface area contributed by atoms with Crippen LogP contribution in [-0.2, 0) is 16.2 Å². The van der Waals surface area contributed by atoms with E-state index in [1.807, 2.05) is 18.2 Å². The first-order valence-corrected chi connectivity index (χ1v) is 10.9. The lowest BCUT2D eigenvalue weighted by atomic mass is 10.2. The van der Waals surface area contributed by atoms with Crippen LogP contribution in [0, 0.1) is 0 Å². The van der Waals surface area contributed by atoms with Gasteiger partial charge in [0.25, 0.3) is 0 Å². The fraction of sp³-hybridized carbons (Fsp3) is 0.158. The van der Waals surface area contributed by atoms with Gasteiger partial charge < -0.3 is 15.2 Å². The Labute approximate surface area is 194 Å². The zero-order valence-electron chi connectivity index (χ0n) is 15.1. The van der Waals surface area contributed by atoms with Crippen LogP contribution < -0.4 is 10.1 Å². The fourth-order valence-electron chi connectivity index (χ4n) is 2.43. The zero-order valence-corrected chi connectivity index (χ0v) is 19.1. The average Bonchev–Trinajstić information content (AvgIpc) is 3.02. The molecule has 0 radical (unpaired) electrons. The van der Waals surface area contributed by atoms with E-state index in [9.17, 15) is 9.59 Å². The molecule has 0 spiro atoms. The lowest BCUT2D eigenvalue weighted by Gasteiger charge is -2.10. The highest BCUT2D eigenvalue weighted by Crippen LogP contribution is 2.26. The van der Waals surface area contributed by atoms with Crippen molar-refractivity contribution in [1.82, 2.24) is 5.32 Å². The summed E-state index contributed by atoms with van der Waals surface area (Å²) in [4.78, 5) is 22.5. The number of nitrogens with one attached hydrogen (secondary N) is 1. The molecule has 0 bridgehead atoms. The fourth-order valence-corrected chi connectivity index (χ4v) is 4.05. The summed E-state index contributed by atoms with van der Waals surface area (Å²) < 4.78 is 6.69. The van der Waals surface area contributed by atoms with Crippen LogP contribution in [0.25, 0.3) is 0 Å². The predicted molar refractivity (Wildman–Crippen MR) is 122 cm³/mol. The Morgan fingerprint density at radius 1 is 1.27 bits per heavy atom. The lowest BCUT2D eigenvalue weighted by Crippen LogP contribution is -2.26. The Hall–Kier alpha value is -2.07. The van der Waals surface area contributed by atoms with Crippen LogP contribution in [0.15, 0.2) is 51.1 Å². The summed E-state index contributed by atoms with van der Waals surface area (Å²) in [6.07, 6.45) is 1.21. The molecule has 1 amide bonds. The number of ether oxygens (including phenoxy) is 1. The number of benzene rings is 2. The summed E-state index contributed by atoms with van der Waals surface area (Å²) in [5.41, 5.74) is 1.51. The van der Waals surface area contributed by atoms with Crippen LogP contribution in [0.4, 0.5) is 0 Å². The average molecular weight is 531 g/mol. The minimum absolute atomic E-state index is 0.246. The number of carbonyl (C=O) groups excluding carboxylic acids is 1. The third-order valence-corrected chi connectivity index (χ3v) is 6.14. The van der Waals surface area contributed by atoms with Crippen molar-refractivity contribution in [2.75, 3.05) is 0 Å². The Kier molecular flexibility index (Phi) is 7.76. The number of amides is 1. The first kappa shape index (κ1) is 22.6. The summed E-state index contributed by atoms with van der Waals surface area (Å²) in [7, 11) is 0. The maximum absolute atomic E-state index is 11.7. The zero-order chi connectivity index (χ0) is 21.7. The van der Waals surface area contributed by atoms with Crippen LogP contribution in [0.1, 0.15) is 17.5 Å². The number of rotatable bonds is 7. The van der Waals surface area contributed by atoms with E-state index < -0.39 is 17.1 Å². The molecule has 1 heterocycles. The Morgan fingerprint density at radius 2 is 2.07 bits per heavy atom. The molecule has 1 fully saturated rings. The van der Waals surface area contributed by atoms with E-state index in [2.05, 4.69) is 31.4 Å². The second-order valence-electron chi connectivity index (χ2n) is 6.06. The van der Waals surface area contributed by atoms with Gasteiger partial charge in [0, 0.05) is 10.0 Å². The van der Waals surface area contributed by atoms with Gasteiger partial charge in [-0.2, -0.15) is 5.10 Å². The third kappa shape index (κ3) is 6.21. The molecule has 0 saturated carbocycles. The Bertz CT molecular complexity index is 1050. The number of carboxylic acid groups (broad SMARTS) is 1. The van der Waals surface area contributed by atoms with Crippen molar-refractivity contribution >= 4 is 74.2 Å². The van der Waals surface area contributed by atoms with Crippen molar-refractivity contribution in [3.63, 3.8) is 0 Å². The van der Waals surface area contributed by atoms with Gasteiger partial charge in [-0.3, -0.25) is 9.59 Å². The third-order valence-electron chi connectivity index (χ3n) is 3.83. The number of thioether (sulfide) groups is 1. The first-order chi connectivity index (χ1) is 14.3. The first-order valence-electron chi connectivity index (χ1n) is 8.48. The molecule has 2 N–H and O–H groups in total. The maximum atomic E-state index is 11.7. The van der Waals surface area contributed by atoms with Gasteiger partial charge in [-0.15, -0.1) is 5.10 Å². The van der Waals surface area contributed by atoms with Crippen LogP contribution in [0.3, 0.4) is 0 Å². The molecule has 0 aliphatic carbocycles. The number of carbonyl (C=O) groups is 2. The van der Waals surface area contributed by atoms with Gasteiger partial charge in [-0.05, 0) is 35.9 Å². The second kappa shape index (κ2) is 10.3. The molecule has 156 valence electrons. The number of hydrogen-bond donors (Lipinski definition) is 2. The van der Waals surface area contributed by atoms with E-state index in [-0.39, 0.29) is 18.2 Å². The van der Waals surface area contributed by atoms with Crippen molar-refractivity contribution in [2.45, 2.75) is 18.3 Å². The van der Waals surface area contributed by atoms with E-state index in [4.69, 9.17) is 33.0 Å². The number of aliphatic carboxylic acids is 1. The molecule has 2 aromatic carbocycles. The Morgan fingerprint density at radius 3 is 2.80 bits per heavy atom. The molecule has 1 unspecified atom stereocenters. The minimum atomic E-state index is -1.05. The Balaban J connectivity index is 1.70. The van der Waals surface area contributed by atoms with Crippen LogP contribution in [0.5, 0.6) is 5.75 Å². The van der Waals surface area contributed by atoms with Gasteiger partial charge in [-0.25, -0.2) is 0 Å². The topological polar surface area (TPSA) is 100 Å². The van der Waals surface area contributed by atoms with Crippen LogP contribution >= 0.6 is 50.9 Å². The largest absolute Gasteiger partial charge is 0.488 e. The highest BCUT2D eigenvalue weighted by Gasteiger charge is 2.32. The van der Waals surface area contributed by atoms with Gasteiger partial charge in [0.1, 0.15) is 17.6 Å². The normalized spacial score (nSPS) is 17.5. The summed E-state index contributed by atoms with van der Waals surface area (Å²) >= 11 is 16.4. The van der Waals surface area contributed by atoms with Gasteiger partial charge in [-0.1, -0.05) is 57.0 Å². The van der Waals surface area contributed by atoms with Gasteiger partial charge >= 0.3 is 5.97 Å². The number of amidine groups is 1. The number of nitrogens with zero attached hydrogens (tertiary/aromatic N) is 2. The summed E-state index contributed by atoms with van der Waals surface area (Å²) in [5.74, 6) is -0.880. The number of carboxylic acids is 1. The van der Waals surface area contributed by atoms with Crippen molar-refractivity contribution in [1.29, 1.82) is 0 Å². The van der Waals surface area contributed by atoms with Crippen LogP contribution in [0.2, 0.25) is 10.0 Å². The molecule has 1 saturated heterocycles. The second-order valence-corrected chi connectivity index (χ2v) is 8.98. The van der Waals surface area contributed by atoms with Crippen molar-refractivity contribution < 1.29 is 19.4 Å². The van der Waals surface area contributed by atoms with Crippen molar-refractivity contribution in [2.24, 2.45) is 10.2 Å². The summed E-state index contributed by atoms with van der Waals surface area (Å²) in [5, 5.41) is 19.7. The van der Waals surface area contributed by atoms with Gasteiger partial charge in [0.05, 0.1) is 22.7 Å². The van der Waals surface area contributed by atoms with Crippen molar-refractivity contribution in [3.05, 3.63) is 62.0 Å². The molecule has 3 rings (SSSR count). The number of halogens is 3. The highest BCUT2D eigenvalue weighted by molar-refractivity contribution is 9.10. The smallest absolute Gasteiger partial charge is 0.305 e. The molecule has 2 aromatic rings. The SMILES string of the molecule is O=C(O)CC1SC(=NN=Cc2cc(Br)ccc2OCc2ccc(Cl)c(Cl)c2)NC1=O. The summed E-state index contributed by atoms with van der Waals surface area (Å²) in [6.45, 7) is 0.274. The summed E-state index contributed by atoms with van der Waals surface area (Å²) in [6, 6.07) is 10.7. The lowest BCUT2D eigenvalue weighted by molar-refractivity contribution is -0.138. The molecular weight excluding hydrogens is 517 g/mol. The maximum Gasteiger partial charge on any atom is 0.305 e. The highest BCUT2D eigenvalue weighted by atomic mass is 79.9. The van der Waals surface area contributed by atoms with E-state index in [1.165, 1.54) is 6.21 Å². The monoisotopic (exact) mass is 529 g/mol. The molecule has 1 aliphatic heterocycles. The van der Waals surface area contributed by atoms with E-state index in [1.54, 1.807) is 18.2 Å². The van der Waals surface area contributed by atoms with Crippen LogP contribution in [-0.4, -0.2) is 33.6 Å². The molecular formula is C19H14BrCl2N3O4S. The van der Waals surface area contributed by atoms with Crippen molar-refractivity contribution in [3.8, 4) is 5.75 Å². The molecule has 30 heavy (non-hydrogen) atoms. The standard InChI is InChI=1S/C19H14BrCl2N3O4S/c20-12-2-4-15(29-9-10-1-3-13(21)14(22)5-10)11(6-12)8-23-25-19-24-18(28)16(30-19)7-17(26)27/h1-6,8,16H,7,9H2,(H,26,27)(H,24,25,28). The van der Waals surface area contributed by atoms with E-state index >= 15 is 0 Å².